The van der Waals surface area contributed by atoms with Gasteiger partial charge in [-0.1, -0.05) is 12.1 Å². The summed E-state index contributed by atoms with van der Waals surface area (Å²) in [6.45, 7) is 6.97. The molecule has 2 saturated heterocycles. The van der Waals surface area contributed by atoms with Crippen LogP contribution < -0.4 is 15.4 Å². The lowest BCUT2D eigenvalue weighted by Gasteiger charge is -2.34. The van der Waals surface area contributed by atoms with Gasteiger partial charge in [0.25, 0.3) is 5.91 Å². The number of rotatable bonds is 8. The van der Waals surface area contributed by atoms with E-state index in [0.717, 1.165) is 62.3 Å². The Morgan fingerprint density at radius 2 is 1.89 bits per heavy atom. The summed E-state index contributed by atoms with van der Waals surface area (Å²) in [5, 5.41) is 5.55. The topological polar surface area (TPSA) is 83.6 Å². The highest BCUT2D eigenvalue weighted by atomic mass is 19.1. The molecule has 2 amide bonds. The maximum atomic E-state index is 13.8. The minimum absolute atomic E-state index is 0.275. The second kappa shape index (κ2) is 11.3. The number of likely N-dealkylation sites (tertiary alicyclic amines) is 1. The summed E-state index contributed by atoms with van der Waals surface area (Å²) < 4.78 is 19.8. The van der Waals surface area contributed by atoms with Crippen LogP contribution in [0.5, 0.6) is 5.75 Å². The average Bonchev–Trinajstić information content (AvgIpc) is 3.38. The number of amides is 2. The molecule has 2 aliphatic rings. The highest BCUT2D eigenvalue weighted by molar-refractivity contribution is 6.06. The number of nitrogens with one attached hydrogen (secondary N) is 2. The Labute approximate surface area is 206 Å². The van der Waals surface area contributed by atoms with Crippen molar-refractivity contribution in [2.24, 2.45) is 5.92 Å². The Hall–Kier alpha value is -2.84. The second-order valence-corrected chi connectivity index (χ2v) is 10.2. The SMILES string of the molecule is CC(C)(F)CN1CCC(COc2ccc(-c3ccc(C(=O)NC(=O)[C@@H]4CCCN4)cc3)nc2)CC1. The molecule has 2 aromatic rings. The van der Waals surface area contributed by atoms with Gasteiger partial charge in [-0.25, -0.2) is 4.39 Å². The van der Waals surface area contributed by atoms with E-state index in [2.05, 4.69) is 20.5 Å². The summed E-state index contributed by atoms with van der Waals surface area (Å²) in [4.78, 5) is 31.2. The summed E-state index contributed by atoms with van der Waals surface area (Å²) in [6, 6.07) is 10.5. The molecule has 8 heteroatoms. The molecule has 0 saturated carbocycles. The first-order valence-electron chi connectivity index (χ1n) is 12.5. The number of alkyl halides is 1. The van der Waals surface area contributed by atoms with Gasteiger partial charge < -0.3 is 15.0 Å². The Bertz CT molecular complexity index is 991. The molecule has 0 aliphatic carbocycles. The van der Waals surface area contributed by atoms with Crippen molar-refractivity contribution in [1.82, 2.24) is 20.5 Å². The molecule has 1 aromatic heterocycles. The number of hydrogen-bond donors (Lipinski definition) is 2. The van der Waals surface area contributed by atoms with Crippen molar-refractivity contribution in [3.8, 4) is 17.0 Å². The molecule has 3 heterocycles. The largest absolute Gasteiger partial charge is 0.492 e. The molecule has 1 atom stereocenters. The van der Waals surface area contributed by atoms with Crippen LogP contribution in [0.4, 0.5) is 4.39 Å². The van der Waals surface area contributed by atoms with Gasteiger partial charge >= 0.3 is 0 Å². The first-order valence-corrected chi connectivity index (χ1v) is 12.5. The Morgan fingerprint density at radius 1 is 1.14 bits per heavy atom. The number of hydrogen-bond acceptors (Lipinski definition) is 6. The number of piperidine rings is 1. The van der Waals surface area contributed by atoms with E-state index in [1.165, 1.54) is 0 Å². The number of benzene rings is 1. The van der Waals surface area contributed by atoms with Crippen molar-refractivity contribution in [2.45, 2.75) is 51.2 Å². The maximum absolute atomic E-state index is 13.8. The van der Waals surface area contributed by atoms with Gasteiger partial charge in [0.1, 0.15) is 11.4 Å². The molecule has 0 bridgehead atoms. The highest BCUT2D eigenvalue weighted by Gasteiger charge is 2.26. The standard InChI is InChI=1S/C27H35FN4O3/c1-27(2,28)18-32-14-11-19(12-15-32)17-35-22-9-10-23(30-16-22)20-5-7-21(8-6-20)25(33)31-26(34)24-4-3-13-29-24/h5-10,16,19,24,29H,3-4,11-15,17-18H2,1-2H3,(H,31,33,34)/t24-/m0/s1. The van der Waals surface area contributed by atoms with Crippen LogP contribution in [0.15, 0.2) is 42.6 Å². The average molecular weight is 483 g/mol. The monoisotopic (exact) mass is 482 g/mol. The zero-order chi connectivity index (χ0) is 24.8. The summed E-state index contributed by atoms with van der Waals surface area (Å²) >= 11 is 0. The van der Waals surface area contributed by atoms with Crippen LogP contribution in [0.3, 0.4) is 0 Å². The van der Waals surface area contributed by atoms with Crippen LogP contribution in [-0.4, -0.2) is 66.2 Å². The third-order valence-electron chi connectivity index (χ3n) is 6.59. The molecule has 4 rings (SSSR count). The van der Waals surface area contributed by atoms with Crippen molar-refractivity contribution in [3.05, 3.63) is 48.2 Å². The van der Waals surface area contributed by atoms with Crippen molar-refractivity contribution >= 4 is 11.8 Å². The number of imide groups is 1. The molecule has 0 unspecified atom stereocenters. The van der Waals surface area contributed by atoms with Crippen molar-refractivity contribution in [1.29, 1.82) is 0 Å². The van der Waals surface area contributed by atoms with Crippen LogP contribution in [0.2, 0.25) is 0 Å². The van der Waals surface area contributed by atoms with E-state index in [4.69, 9.17) is 4.74 Å². The van der Waals surface area contributed by atoms with Gasteiger partial charge in [0.05, 0.1) is 24.5 Å². The number of carbonyl (C=O) groups excluding carboxylic acids is 2. The second-order valence-electron chi connectivity index (χ2n) is 10.2. The number of ether oxygens (including phenoxy) is 1. The Balaban J connectivity index is 1.24. The fourth-order valence-electron chi connectivity index (χ4n) is 4.67. The van der Waals surface area contributed by atoms with E-state index in [1.54, 1.807) is 32.2 Å². The van der Waals surface area contributed by atoms with E-state index in [-0.39, 0.29) is 11.9 Å². The quantitative estimate of drug-likeness (QED) is 0.560. The van der Waals surface area contributed by atoms with E-state index < -0.39 is 11.6 Å². The van der Waals surface area contributed by atoms with Crippen LogP contribution in [0, 0.1) is 5.92 Å². The molecule has 2 N–H and O–H groups in total. The van der Waals surface area contributed by atoms with E-state index >= 15 is 0 Å². The fourth-order valence-corrected chi connectivity index (χ4v) is 4.67. The summed E-state index contributed by atoms with van der Waals surface area (Å²) in [5.74, 6) is 0.508. The van der Waals surface area contributed by atoms with E-state index in [9.17, 15) is 14.0 Å². The Morgan fingerprint density at radius 3 is 2.49 bits per heavy atom. The van der Waals surface area contributed by atoms with Gasteiger partial charge in [-0.05, 0) is 89.3 Å². The zero-order valence-electron chi connectivity index (χ0n) is 20.6. The normalized spacial score (nSPS) is 19.5. The number of halogens is 1. The fraction of sp³-hybridized carbons (Fsp3) is 0.519. The molecule has 35 heavy (non-hydrogen) atoms. The number of pyridine rings is 1. The van der Waals surface area contributed by atoms with Gasteiger partial charge in [-0.15, -0.1) is 0 Å². The van der Waals surface area contributed by atoms with Crippen LogP contribution in [-0.2, 0) is 4.79 Å². The first-order chi connectivity index (χ1) is 16.8. The van der Waals surface area contributed by atoms with Gasteiger partial charge in [-0.2, -0.15) is 0 Å². The highest BCUT2D eigenvalue weighted by Crippen LogP contribution is 2.23. The van der Waals surface area contributed by atoms with E-state index in [0.29, 0.717) is 24.6 Å². The smallest absolute Gasteiger partial charge is 0.257 e. The van der Waals surface area contributed by atoms with Gasteiger partial charge in [0, 0.05) is 17.7 Å². The Kier molecular flexibility index (Phi) is 8.13. The lowest BCUT2D eigenvalue weighted by Crippen LogP contribution is -2.43. The van der Waals surface area contributed by atoms with Crippen LogP contribution in [0.1, 0.15) is 49.9 Å². The van der Waals surface area contributed by atoms with Crippen molar-refractivity contribution < 1.29 is 18.7 Å². The molecule has 188 valence electrons. The number of aromatic nitrogens is 1. The van der Waals surface area contributed by atoms with Crippen molar-refractivity contribution in [2.75, 3.05) is 32.8 Å². The molecule has 7 nitrogen and oxygen atoms in total. The molecule has 1 aromatic carbocycles. The first kappa shape index (κ1) is 25.3. The lowest BCUT2D eigenvalue weighted by molar-refractivity contribution is -0.121. The minimum Gasteiger partial charge on any atom is -0.492 e. The van der Waals surface area contributed by atoms with Gasteiger partial charge in [0.2, 0.25) is 5.91 Å². The number of nitrogens with zero attached hydrogens (tertiary/aromatic N) is 2. The van der Waals surface area contributed by atoms with Gasteiger partial charge in [0.15, 0.2) is 0 Å². The van der Waals surface area contributed by atoms with Crippen LogP contribution in [0.25, 0.3) is 11.3 Å². The lowest BCUT2D eigenvalue weighted by atomic mass is 9.97. The third-order valence-corrected chi connectivity index (χ3v) is 6.59. The molecular formula is C27H35FN4O3. The third kappa shape index (κ3) is 7.32. The molecule has 2 fully saturated rings. The maximum Gasteiger partial charge on any atom is 0.257 e. The minimum atomic E-state index is -1.16. The van der Waals surface area contributed by atoms with E-state index in [1.807, 2.05) is 24.3 Å². The summed E-state index contributed by atoms with van der Waals surface area (Å²) in [5.41, 5.74) is 0.925. The molecule has 0 radical (unpaired) electrons. The number of carbonyl (C=O) groups is 2. The predicted molar refractivity (Wildman–Crippen MR) is 133 cm³/mol. The molecule has 2 aliphatic heterocycles. The molecule has 0 spiro atoms. The summed E-state index contributed by atoms with van der Waals surface area (Å²) in [7, 11) is 0. The zero-order valence-corrected chi connectivity index (χ0v) is 20.6. The summed E-state index contributed by atoms with van der Waals surface area (Å²) in [6.07, 6.45) is 5.41. The van der Waals surface area contributed by atoms with Crippen LogP contribution >= 0.6 is 0 Å². The predicted octanol–water partition coefficient (Wildman–Crippen LogP) is 3.60. The molecular weight excluding hydrogens is 447 g/mol. The van der Waals surface area contributed by atoms with Crippen molar-refractivity contribution in [3.63, 3.8) is 0 Å². The van der Waals surface area contributed by atoms with Gasteiger partial charge in [-0.3, -0.25) is 19.9 Å².